The van der Waals surface area contributed by atoms with Gasteiger partial charge in [0.15, 0.2) is 0 Å². The van der Waals surface area contributed by atoms with E-state index in [4.69, 9.17) is 19.6 Å². The third kappa shape index (κ3) is 2.09. The van der Waals surface area contributed by atoms with Crippen molar-refractivity contribution in [3.05, 3.63) is 72.1 Å². The van der Waals surface area contributed by atoms with Crippen LogP contribution in [0.4, 0.5) is 0 Å². The summed E-state index contributed by atoms with van der Waals surface area (Å²) in [5, 5.41) is 0. The van der Waals surface area contributed by atoms with Crippen LogP contribution in [0.3, 0.4) is 0 Å². The molecule has 25 heavy (non-hydrogen) atoms. The van der Waals surface area contributed by atoms with Crippen molar-refractivity contribution in [2.24, 2.45) is 5.73 Å². The summed E-state index contributed by atoms with van der Waals surface area (Å²) in [6.07, 6.45) is 2.31. The number of aromatic nitrogens is 1. The summed E-state index contributed by atoms with van der Waals surface area (Å²) >= 11 is 0. The van der Waals surface area contributed by atoms with Crippen molar-refractivity contribution in [3.8, 4) is 17.6 Å². The van der Waals surface area contributed by atoms with E-state index in [-0.39, 0.29) is 6.08 Å². The highest BCUT2D eigenvalue weighted by Gasteiger charge is 2.55. The molecule has 4 rings (SSSR count). The van der Waals surface area contributed by atoms with Gasteiger partial charge in [0, 0.05) is 11.1 Å². The first-order valence-electron chi connectivity index (χ1n) is 7.42. The Kier molecular flexibility index (Phi) is 3.28. The first kappa shape index (κ1) is 14.9. The van der Waals surface area contributed by atoms with E-state index in [1.165, 1.54) is 12.5 Å². The molecule has 1 aliphatic heterocycles. The minimum absolute atomic E-state index is 0.271. The Hall–Kier alpha value is -3.61. The van der Waals surface area contributed by atoms with E-state index in [1.54, 1.807) is 48.5 Å². The van der Waals surface area contributed by atoms with Crippen molar-refractivity contribution in [3.63, 3.8) is 0 Å². The molecule has 0 unspecified atom stereocenters. The van der Waals surface area contributed by atoms with E-state index in [1.807, 2.05) is 0 Å². The van der Waals surface area contributed by atoms with E-state index in [0.717, 1.165) is 0 Å². The number of esters is 1. The Balaban J connectivity index is 1.97. The number of hydrogen-bond acceptors (Lipinski definition) is 6. The second-order valence-corrected chi connectivity index (χ2v) is 5.40. The van der Waals surface area contributed by atoms with Crippen LogP contribution in [-0.2, 0) is 15.0 Å². The molecule has 2 N–H and O–H groups in total. The fraction of sp³-hybridized carbons (Fsp3) is 0.0556. The van der Waals surface area contributed by atoms with Gasteiger partial charge in [0.05, 0.1) is 6.20 Å². The average molecular weight is 336 g/mol. The maximum absolute atomic E-state index is 13.1. The van der Waals surface area contributed by atoms with Crippen molar-refractivity contribution in [1.29, 1.82) is 0 Å². The number of fused-ring (bicyclic) bond motifs is 2. The molecule has 0 fully saturated rings. The second kappa shape index (κ2) is 5.48. The van der Waals surface area contributed by atoms with Gasteiger partial charge in [-0.05, 0) is 12.1 Å². The number of oxazole rings is 1. The van der Waals surface area contributed by atoms with Gasteiger partial charge < -0.3 is 19.6 Å². The molecule has 0 radical (unpaired) electrons. The summed E-state index contributed by atoms with van der Waals surface area (Å²) in [6, 6.07) is 13.4. The van der Waals surface area contributed by atoms with Crippen LogP contribution < -0.4 is 15.2 Å². The van der Waals surface area contributed by atoms with Crippen molar-refractivity contribution in [2.75, 3.05) is 0 Å². The van der Waals surface area contributed by atoms with Crippen molar-refractivity contribution in [2.45, 2.75) is 5.41 Å². The SMILES string of the molecule is NC(=O)C1(C(=O)Oc2ncco2)c2ccccc2Oc2ccccc21. The molecular formula is C18H12N2O5. The number of carbonyl (C=O) groups is 2. The van der Waals surface area contributed by atoms with Crippen molar-refractivity contribution < 1.29 is 23.5 Å². The van der Waals surface area contributed by atoms with Gasteiger partial charge in [0.2, 0.25) is 11.3 Å². The summed E-state index contributed by atoms with van der Waals surface area (Å²) < 4.78 is 16.0. The number of amides is 1. The molecule has 0 atom stereocenters. The molecule has 1 aromatic heterocycles. The molecule has 2 aromatic carbocycles. The number of benzene rings is 2. The Morgan fingerprint density at radius 3 is 2.12 bits per heavy atom. The standard InChI is InChI=1S/C18H12N2O5/c19-15(21)18(16(22)25-17-20-9-10-23-17)11-5-1-3-7-13(11)24-14-8-4-2-6-12(14)18/h1-10H,(H2,19,21). The number of primary amides is 1. The number of hydrogen-bond donors (Lipinski definition) is 1. The first-order valence-corrected chi connectivity index (χ1v) is 7.42. The van der Waals surface area contributed by atoms with Crippen LogP contribution >= 0.6 is 0 Å². The van der Waals surface area contributed by atoms with E-state index < -0.39 is 17.3 Å². The molecule has 0 bridgehead atoms. The van der Waals surface area contributed by atoms with Gasteiger partial charge >= 0.3 is 12.0 Å². The highest BCUT2D eigenvalue weighted by atomic mass is 16.6. The van der Waals surface area contributed by atoms with Crippen LogP contribution in [0.1, 0.15) is 11.1 Å². The Morgan fingerprint density at radius 2 is 1.60 bits per heavy atom. The molecule has 7 nitrogen and oxygen atoms in total. The number of carbonyl (C=O) groups excluding carboxylic acids is 2. The number of rotatable bonds is 3. The summed E-state index contributed by atoms with van der Waals surface area (Å²) in [6.45, 7) is 0. The Bertz CT molecular complexity index is 920. The number of nitrogens with zero attached hydrogens (tertiary/aromatic N) is 1. The predicted molar refractivity (Wildman–Crippen MR) is 85.1 cm³/mol. The second-order valence-electron chi connectivity index (χ2n) is 5.40. The van der Waals surface area contributed by atoms with E-state index in [0.29, 0.717) is 22.6 Å². The highest BCUT2D eigenvalue weighted by Crippen LogP contribution is 2.48. The molecule has 3 aromatic rings. The smallest absolute Gasteiger partial charge is 0.401 e. The number of nitrogens with two attached hydrogens (primary N) is 1. The van der Waals surface area contributed by atoms with Gasteiger partial charge in [0.1, 0.15) is 17.8 Å². The van der Waals surface area contributed by atoms with E-state index in [2.05, 4.69) is 4.98 Å². The summed E-state index contributed by atoms with van der Waals surface area (Å²) in [7, 11) is 0. The van der Waals surface area contributed by atoms with E-state index in [9.17, 15) is 9.59 Å². The van der Waals surface area contributed by atoms with Crippen LogP contribution in [0.15, 0.2) is 65.4 Å². The number of ether oxygens (including phenoxy) is 2. The molecular weight excluding hydrogens is 324 g/mol. The summed E-state index contributed by atoms with van der Waals surface area (Å²) in [5.74, 6) is -1.09. The van der Waals surface area contributed by atoms with Gasteiger partial charge in [0.25, 0.3) is 0 Å². The van der Waals surface area contributed by atoms with Gasteiger partial charge in [-0.15, -0.1) is 0 Å². The third-order valence-electron chi connectivity index (χ3n) is 4.07. The fourth-order valence-electron chi connectivity index (χ4n) is 3.00. The van der Waals surface area contributed by atoms with E-state index >= 15 is 0 Å². The lowest BCUT2D eigenvalue weighted by molar-refractivity contribution is -0.145. The zero-order valence-electron chi connectivity index (χ0n) is 12.8. The first-order chi connectivity index (χ1) is 12.1. The Morgan fingerprint density at radius 1 is 1.00 bits per heavy atom. The van der Waals surface area contributed by atoms with Crippen LogP contribution in [-0.4, -0.2) is 16.9 Å². The molecule has 1 amide bonds. The van der Waals surface area contributed by atoms with Crippen LogP contribution in [0.5, 0.6) is 17.6 Å². The fourth-order valence-corrected chi connectivity index (χ4v) is 3.00. The maximum atomic E-state index is 13.1. The molecule has 124 valence electrons. The van der Waals surface area contributed by atoms with Gasteiger partial charge in [-0.25, -0.2) is 4.79 Å². The molecule has 1 aliphatic rings. The minimum Gasteiger partial charge on any atom is -0.457 e. The molecule has 0 saturated heterocycles. The maximum Gasteiger partial charge on any atom is 0.401 e. The largest absolute Gasteiger partial charge is 0.457 e. The predicted octanol–water partition coefficient (Wildman–Crippen LogP) is 2.16. The lowest BCUT2D eigenvalue weighted by atomic mass is 9.71. The van der Waals surface area contributed by atoms with Gasteiger partial charge in [-0.1, -0.05) is 36.4 Å². The zero-order valence-corrected chi connectivity index (χ0v) is 12.8. The lowest BCUT2D eigenvalue weighted by Crippen LogP contribution is -2.52. The van der Waals surface area contributed by atoms with Crippen LogP contribution in [0.25, 0.3) is 0 Å². The minimum atomic E-state index is -1.88. The highest BCUT2D eigenvalue weighted by molar-refractivity contribution is 6.13. The molecule has 7 heteroatoms. The molecule has 0 spiro atoms. The topological polar surface area (TPSA) is 105 Å². The normalized spacial score (nSPS) is 13.9. The molecule has 0 saturated carbocycles. The monoisotopic (exact) mass is 336 g/mol. The summed E-state index contributed by atoms with van der Waals surface area (Å²) in [5.41, 5.74) is 4.45. The zero-order chi connectivity index (χ0) is 17.4. The molecule has 2 heterocycles. The average Bonchev–Trinajstić information content (AvgIpc) is 3.12. The summed E-state index contributed by atoms with van der Waals surface area (Å²) in [4.78, 5) is 29.4. The molecule has 0 aliphatic carbocycles. The van der Waals surface area contributed by atoms with Crippen LogP contribution in [0, 0.1) is 0 Å². The number of para-hydroxylation sites is 2. The van der Waals surface area contributed by atoms with Crippen molar-refractivity contribution >= 4 is 11.9 Å². The van der Waals surface area contributed by atoms with Crippen molar-refractivity contribution in [1.82, 2.24) is 4.98 Å². The lowest BCUT2D eigenvalue weighted by Gasteiger charge is -2.35. The third-order valence-corrected chi connectivity index (χ3v) is 4.07. The van der Waals surface area contributed by atoms with Gasteiger partial charge in [-0.2, -0.15) is 4.98 Å². The van der Waals surface area contributed by atoms with Gasteiger partial charge in [-0.3, -0.25) is 4.79 Å². The van der Waals surface area contributed by atoms with Crippen LogP contribution in [0.2, 0.25) is 0 Å². The Labute approximate surface area is 142 Å². The quantitative estimate of drug-likeness (QED) is 0.580.